The van der Waals surface area contributed by atoms with E-state index in [-0.39, 0.29) is 5.82 Å². The second kappa shape index (κ2) is 5.80. The molecule has 1 aromatic carbocycles. The molecule has 2 aromatic rings. The molecule has 0 bridgehead atoms. The van der Waals surface area contributed by atoms with Crippen molar-refractivity contribution in [3.63, 3.8) is 0 Å². The van der Waals surface area contributed by atoms with Gasteiger partial charge in [0.05, 0.1) is 0 Å². The molecule has 0 spiro atoms. The smallest absolute Gasteiger partial charge is 0.127 e. The fourth-order valence-corrected chi connectivity index (χ4v) is 2.18. The SMILES string of the molecule is NCCc1cc(F)cc(OCc2cccs2)c1. The van der Waals surface area contributed by atoms with Gasteiger partial charge in [-0.3, -0.25) is 0 Å². The zero-order valence-electron chi connectivity index (χ0n) is 9.36. The van der Waals surface area contributed by atoms with Crippen molar-refractivity contribution in [2.24, 2.45) is 5.73 Å². The molecule has 2 nitrogen and oxygen atoms in total. The Bertz CT molecular complexity index is 470. The third kappa shape index (κ3) is 3.54. The lowest BCUT2D eigenvalue weighted by Crippen LogP contribution is -2.03. The molecule has 2 N–H and O–H groups in total. The number of ether oxygens (including phenoxy) is 1. The third-order valence-electron chi connectivity index (χ3n) is 2.33. The van der Waals surface area contributed by atoms with Crippen LogP contribution in [0.5, 0.6) is 5.75 Å². The quantitative estimate of drug-likeness (QED) is 0.886. The van der Waals surface area contributed by atoms with Gasteiger partial charge in [0.2, 0.25) is 0 Å². The monoisotopic (exact) mass is 251 g/mol. The first kappa shape index (κ1) is 12.1. The first-order valence-corrected chi connectivity index (χ1v) is 6.30. The Hall–Kier alpha value is -1.39. The summed E-state index contributed by atoms with van der Waals surface area (Å²) >= 11 is 1.62. The van der Waals surface area contributed by atoms with Crippen molar-refractivity contribution in [2.45, 2.75) is 13.0 Å². The summed E-state index contributed by atoms with van der Waals surface area (Å²) in [5.74, 6) is 0.277. The first-order chi connectivity index (χ1) is 8.28. The zero-order chi connectivity index (χ0) is 12.1. The Labute approximate surface area is 104 Å². The molecule has 4 heteroatoms. The molecule has 1 aromatic heterocycles. The highest BCUT2D eigenvalue weighted by molar-refractivity contribution is 7.09. The molecule has 0 aliphatic carbocycles. The second-order valence-corrected chi connectivity index (χ2v) is 4.73. The Morgan fingerprint density at radius 1 is 1.29 bits per heavy atom. The summed E-state index contributed by atoms with van der Waals surface area (Å²) in [5, 5.41) is 1.99. The Morgan fingerprint density at radius 3 is 2.88 bits per heavy atom. The zero-order valence-corrected chi connectivity index (χ0v) is 10.2. The maximum atomic E-state index is 13.3. The van der Waals surface area contributed by atoms with E-state index in [2.05, 4.69) is 0 Å². The van der Waals surface area contributed by atoms with Crippen LogP contribution in [-0.2, 0) is 13.0 Å². The molecule has 0 aliphatic rings. The van der Waals surface area contributed by atoms with E-state index < -0.39 is 0 Å². The van der Waals surface area contributed by atoms with Crippen LogP contribution in [0.2, 0.25) is 0 Å². The fourth-order valence-electron chi connectivity index (χ4n) is 1.56. The normalized spacial score (nSPS) is 10.5. The molecule has 17 heavy (non-hydrogen) atoms. The van der Waals surface area contributed by atoms with Crippen molar-refractivity contribution in [1.82, 2.24) is 0 Å². The van der Waals surface area contributed by atoms with Crippen LogP contribution >= 0.6 is 11.3 Å². The number of nitrogens with two attached hydrogens (primary N) is 1. The summed E-state index contributed by atoms with van der Waals surface area (Å²) in [6, 6.07) is 8.68. The first-order valence-electron chi connectivity index (χ1n) is 5.42. The van der Waals surface area contributed by atoms with Gasteiger partial charge in [-0.25, -0.2) is 4.39 Å². The van der Waals surface area contributed by atoms with Crippen LogP contribution < -0.4 is 10.5 Å². The molecule has 0 radical (unpaired) electrons. The summed E-state index contributed by atoms with van der Waals surface area (Å²) in [6.07, 6.45) is 0.660. The van der Waals surface area contributed by atoms with E-state index in [0.717, 1.165) is 10.4 Å². The lowest BCUT2D eigenvalue weighted by atomic mass is 10.1. The number of thiophene rings is 1. The summed E-state index contributed by atoms with van der Waals surface area (Å²) in [6.45, 7) is 0.983. The summed E-state index contributed by atoms with van der Waals surface area (Å²) in [5.41, 5.74) is 6.32. The minimum atomic E-state index is -0.280. The molecule has 0 saturated heterocycles. The molecule has 90 valence electrons. The number of benzene rings is 1. The minimum absolute atomic E-state index is 0.280. The van der Waals surface area contributed by atoms with Gasteiger partial charge in [-0.2, -0.15) is 0 Å². The minimum Gasteiger partial charge on any atom is -0.488 e. The van der Waals surface area contributed by atoms with Gasteiger partial charge in [-0.1, -0.05) is 6.07 Å². The Kier molecular flexibility index (Phi) is 4.12. The van der Waals surface area contributed by atoms with Gasteiger partial charge in [-0.15, -0.1) is 11.3 Å². The van der Waals surface area contributed by atoms with Crippen LogP contribution in [0.25, 0.3) is 0 Å². The van der Waals surface area contributed by atoms with Crippen LogP contribution in [0.1, 0.15) is 10.4 Å². The lowest BCUT2D eigenvalue weighted by molar-refractivity contribution is 0.308. The number of hydrogen-bond donors (Lipinski definition) is 1. The largest absolute Gasteiger partial charge is 0.488 e. The second-order valence-electron chi connectivity index (χ2n) is 3.70. The van der Waals surface area contributed by atoms with Gasteiger partial charge >= 0.3 is 0 Å². The van der Waals surface area contributed by atoms with Crippen LogP contribution in [0.4, 0.5) is 4.39 Å². The van der Waals surface area contributed by atoms with Crippen LogP contribution in [0, 0.1) is 5.82 Å². The van der Waals surface area contributed by atoms with Gasteiger partial charge in [0.15, 0.2) is 0 Å². The van der Waals surface area contributed by atoms with Gasteiger partial charge in [-0.05, 0) is 42.1 Å². The molecular formula is C13H14FNOS. The molecular weight excluding hydrogens is 237 g/mol. The van der Waals surface area contributed by atoms with Gasteiger partial charge in [0.1, 0.15) is 18.2 Å². The Morgan fingerprint density at radius 2 is 2.18 bits per heavy atom. The Balaban J connectivity index is 2.04. The van der Waals surface area contributed by atoms with Gasteiger partial charge < -0.3 is 10.5 Å². The van der Waals surface area contributed by atoms with E-state index >= 15 is 0 Å². The van der Waals surface area contributed by atoms with E-state index in [9.17, 15) is 4.39 Å². The van der Waals surface area contributed by atoms with E-state index in [0.29, 0.717) is 25.3 Å². The molecule has 2 rings (SSSR count). The van der Waals surface area contributed by atoms with Crippen LogP contribution in [0.15, 0.2) is 35.7 Å². The highest BCUT2D eigenvalue weighted by Gasteiger charge is 2.02. The van der Waals surface area contributed by atoms with Crippen molar-refractivity contribution in [1.29, 1.82) is 0 Å². The van der Waals surface area contributed by atoms with Gasteiger partial charge in [0, 0.05) is 10.9 Å². The van der Waals surface area contributed by atoms with Crippen molar-refractivity contribution >= 4 is 11.3 Å². The summed E-state index contributed by atoms with van der Waals surface area (Å²) in [7, 11) is 0. The maximum absolute atomic E-state index is 13.3. The molecule has 0 unspecified atom stereocenters. The predicted octanol–water partition coefficient (Wildman–Crippen LogP) is 2.97. The third-order valence-corrected chi connectivity index (χ3v) is 3.18. The average molecular weight is 251 g/mol. The highest BCUT2D eigenvalue weighted by Crippen LogP contribution is 2.19. The van der Waals surface area contributed by atoms with Crippen molar-refractivity contribution < 1.29 is 9.13 Å². The molecule has 0 aliphatic heterocycles. The van der Waals surface area contributed by atoms with Crippen molar-refractivity contribution in [3.05, 3.63) is 52.0 Å². The molecule has 0 atom stereocenters. The molecule has 0 fully saturated rings. The van der Waals surface area contributed by atoms with E-state index in [1.54, 1.807) is 11.3 Å². The van der Waals surface area contributed by atoms with Crippen molar-refractivity contribution in [2.75, 3.05) is 6.54 Å². The highest BCUT2D eigenvalue weighted by atomic mass is 32.1. The number of rotatable bonds is 5. The number of hydrogen-bond acceptors (Lipinski definition) is 3. The molecule has 0 saturated carbocycles. The molecule has 1 heterocycles. The van der Waals surface area contributed by atoms with E-state index in [4.69, 9.17) is 10.5 Å². The fraction of sp³-hybridized carbons (Fsp3) is 0.231. The van der Waals surface area contributed by atoms with Gasteiger partial charge in [0.25, 0.3) is 0 Å². The summed E-state index contributed by atoms with van der Waals surface area (Å²) in [4.78, 5) is 1.12. The summed E-state index contributed by atoms with van der Waals surface area (Å²) < 4.78 is 18.8. The predicted molar refractivity (Wildman–Crippen MR) is 67.8 cm³/mol. The van der Waals surface area contributed by atoms with Crippen LogP contribution in [-0.4, -0.2) is 6.54 Å². The van der Waals surface area contributed by atoms with E-state index in [1.165, 1.54) is 12.1 Å². The average Bonchev–Trinajstić information content (AvgIpc) is 2.79. The van der Waals surface area contributed by atoms with E-state index in [1.807, 2.05) is 23.6 Å². The standard InChI is InChI=1S/C13H14FNOS/c14-11-6-10(3-4-15)7-12(8-11)16-9-13-2-1-5-17-13/h1-2,5-8H,3-4,9,15H2. The maximum Gasteiger partial charge on any atom is 0.127 e. The van der Waals surface area contributed by atoms with Crippen molar-refractivity contribution in [3.8, 4) is 5.75 Å². The number of halogens is 1. The molecule has 0 amide bonds. The van der Waals surface area contributed by atoms with Crippen LogP contribution in [0.3, 0.4) is 0 Å². The lowest BCUT2D eigenvalue weighted by Gasteiger charge is -2.07. The topological polar surface area (TPSA) is 35.2 Å².